The minimum Gasteiger partial charge on any atom is -0.455 e. The fraction of sp³-hybridized carbons (Fsp3) is 0. The zero-order chi connectivity index (χ0) is 28.3. The highest BCUT2D eigenvalue weighted by atomic mass is 32.1. The van der Waals surface area contributed by atoms with Crippen molar-refractivity contribution < 1.29 is 4.42 Å². The molecule has 43 heavy (non-hydrogen) atoms. The van der Waals surface area contributed by atoms with Crippen molar-refractivity contribution in [3.63, 3.8) is 0 Å². The van der Waals surface area contributed by atoms with Gasteiger partial charge in [-0.1, -0.05) is 109 Å². The maximum Gasteiger partial charge on any atom is 0.145 e. The van der Waals surface area contributed by atoms with E-state index in [0.29, 0.717) is 0 Å². The van der Waals surface area contributed by atoms with Gasteiger partial charge in [0.15, 0.2) is 0 Å². The van der Waals surface area contributed by atoms with Gasteiger partial charge in [0.2, 0.25) is 0 Å². The van der Waals surface area contributed by atoms with Gasteiger partial charge in [-0.15, -0.1) is 11.3 Å². The molecule has 0 saturated carbocycles. The van der Waals surface area contributed by atoms with Gasteiger partial charge in [0.1, 0.15) is 11.2 Å². The lowest BCUT2D eigenvalue weighted by molar-refractivity contribution is 0.672. The Bertz CT molecular complexity index is 2450. The molecule has 2 heterocycles. The van der Waals surface area contributed by atoms with Gasteiger partial charge in [-0.2, -0.15) is 0 Å². The number of furan rings is 1. The predicted octanol–water partition coefficient (Wildman–Crippen LogP) is 12.2. The summed E-state index contributed by atoms with van der Waals surface area (Å²) in [5.74, 6) is 0. The van der Waals surface area contributed by atoms with E-state index in [0.717, 1.165) is 49.8 Å². The maximum atomic E-state index is 6.62. The first-order chi connectivity index (χ1) is 21.3. The number of rotatable bonds is 4. The fourth-order valence-corrected chi connectivity index (χ4v) is 7.63. The third-order valence-corrected chi connectivity index (χ3v) is 9.58. The number of anilines is 3. The van der Waals surface area contributed by atoms with E-state index < -0.39 is 0 Å². The maximum absolute atomic E-state index is 6.62. The van der Waals surface area contributed by atoms with Gasteiger partial charge in [-0.05, 0) is 59.0 Å². The minimum absolute atomic E-state index is 0.897. The van der Waals surface area contributed by atoms with Crippen molar-refractivity contribution >= 4 is 81.3 Å². The van der Waals surface area contributed by atoms with Crippen LogP contribution in [0, 0.1) is 0 Å². The van der Waals surface area contributed by atoms with Crippen molar-refractivity contribution in [1.82, 2.24) is 0 Å². The zero-order valence-electron chi connectivity index (χ0n) is 23.2. The van der Waals surface area contributed by atoms with Crippen LogP contribution in [0.4, 0.5) is 17.1 Å². The summed E-state index contributed by atoms with van der Waals surface area (Å²) in [7, 11) is 0. The van der Waals surface area contributed by atoms with Crippen LogP contribution in [-0.4, -0.2) is 0 Å². The highest BCUT2D eigenvalue weighted by molar-refractivity contribution is 7.26. The van der Waals surface area contributed by atoms with E-state index in [1.165, 1.54) is 31.3 Å². The van der Waals surface area contributed by atoms with Gasteiger partial charge in [-0.3, -0.25) is 0 Å². The molecule has 0 unspecified atom stereocenters. The lowest BCUT2D eigenvalue weighted by Crippen LogP contribution is -2.11. The summed E-state index contributed by atoms with van der Waals surface area (Å²) in [5.41, 5.74) is 7.58. The summed E-state index contributed by atoms with van der Waals surface area (Å²) < 4.78 is 9.19. The Balaban J connectivity index is 1.40. The average Bonchev–Trinajstić information content (AvgIpc) is 3.65. The number of thiophene rings is 1. The minimum atomic E-state index is 0.897. The Labute approximate surface area is 252 Å². The number of hydrogen-bond donors (Lipinski definition) is 0. The van der Waals surface area contributed by atoms with Gasteiger partial charge in [0, 0.05) is 36.6 Å². The van der Waals surface area contributed by atoms with E-state index in [1.54, 1.807) is 0 Å². The van der Waals surface area contributed by atoms with E-state index in [4.69, 9.17) is 4.42 Å². The molecule has 9 aromatic rings. The first-order valence-electron chi connectivity index (χ1n) is 14.5. The normalized spacial score (nSPS) is 11.7. The van der Waals surface area contributed by atoms with Crippen LogP contribution >= 0.6 is 11.3 Å². The topological polar surface area (TPSA) is 16.4 Å². The Kier molecular flexibility index (Phi) is 5.40. The molecular weight excluding hydrogens is 543 g/mol. The molecule has 0 aliphatic rings. The van der Waals surface area contributed by atoms with Gasteiger partial charge in [0.25, 0.3) is 0 Å². The molecule has 0 bridgehead atoms. The van der Waals surface area contributed by atoms with Crippen molar-refractivity contribution in [2.75, 3.05) is 4.90 Å². The number of benzene rings is 7. The van der Waals surface area contributed by atoms with Crippen molar-refractivity contribution in [3.05, 3.63) is 152 Å². The summed E-state index contributed by atoms with van der Waals surface area (Å²) in [6, 6.07) is 54.2. The Hall–Kier alpha value is -5.38. The fourth-order valence-electron chi connectivity index (χ4n) is 6.50. The Morgan fingerprint density at radius 3 is 2.00 bits per heavy atom. The van der Waals surface area contributed by atoms with Crippen LogP contribution in [0.1, 0.15) is 0 Å². The van der Waals surface area contributed by atoms with Crippen LogP contribution in [-0.2, 0) is 0 Å². The first-order valence-corrected chi connectivity index (χ1v) is 15.3. The molecule has 0 spiro atoms. The SMILES string of the molecule is c1ccc(-c2ccc(N(c3cccc4sc5ccccc5c34)c3cc4ccccc4c4oc5ccccc5c34)cc2)cc1. The quantitative estimate of drug-likeness (QED) is 0.210. The average molecular weight is 568 g/mol. The summed E-state index contributed by atoms with van der Waals surface area (Å²) in [6.45, 7) is 0. The van der Waals surface area contributed by atoms with Gasteiger partial charge < -0.3 is 9.32 Å². The van der Waals surface area contributed by atoms with E-state index >= 15 is 0 Å². The molecule has 2 nitrogen and oxygen atoms in total. The van der Waals surface area contributed by atoms with Gasteiger partial charge in [0.05, 0.1) is 16.8 Å². The molecule has 0 aliphatic carbocycles. The molecule has 0 N–H and O–H groups in total. The van der Waals surface area contributed by atoms with Crippen LogP contribution in [0.5, 0.6) is 0 Å². The summed E-state index contributed by atoms with van der Waals surface area (Å²) in [6.07, 6.45) is 0. The largest absolute Gasteiger partial charge is 0.455 e. The second-order valence-corrected chi connectivity index (χ2v) is 12.0. The molecule has 0 radical (unpaired) electrons. The molecule has 0 saturated heterocycles. The zero-order valence-corrected chi connectivity index (χ0v) is 24.0. The smallest absolute Gasteiger partial charge is 0.145 e. The van der Waals surface area contributed by atoms with Crippen LogP contribution < -0.4 is 4.90 Å². The van der Waals surface area contributed by atoms with Gasteiger partial charge >= 0.3 is 0 Å². The molecular formula is C40H25NOS. The Morgan fingerprint density at radius 1 is 0.465 bits per heavy atom. The van der Waals surface area contributed by atoms with Crippen LogP contribution in [0.25, 0.3) is 64.0 Å². The Morgan fingerprint density at radius 2 is 1.14 bits per heavy atom. The molecule has 0 aliphatic heterocycles. The number of para-hydroxylation sites is 1. The lowest BCUT2D eigenvalue weighted by Gasteiger charge is -2.28. The number of hydrogen-bond acceptors (Lipinski definition) is 3. The number of fused-ring (bicyclic) bond motifs is 8. The third kappa shape index (κ3) is 3.79. The van der Waals surface area contributed by atoms with Crippen molar-refractivity contribution in [1.29, 1.82) is 0 Å². The summed E-state index contributed by atoms with van der Waals surface area (Å²) >= 11 is 1.85. The monoisotopic (exact) mass is 567 g/mol. The van der Waals surface area contributed by atoms with E-state index in [2.05, 4.69) is 150 Å². The molecule has 2 aromatic heterocycles. The van der Waals surface area contributed by atoms with E-state index in [9.17, 15) is 0 Å². The molecule has 3 heteroatoms. The van der Waals surface area contributed by atoms with Crippen LogP contribution in [0.15, 0.2) is 156 Å². The van der Waals surface area contributed by atoms with E-state index in [1.807, 2.05) is 17.4 Å². The second-order valence-electron chi connectivity index (χ2n) is 10.9. The van der Waals surface area contributed by atoms with Crippen LogP contribution in [0.3, 0.4) is 0 Å². The highest BCUT2D eigenvalue weighted by Gasteiger charge is 2.24. The predicted molar refractivity (Wildman–Crippen MR) is 184 cm³/mol. The van der Waals surface area contributed by atoms with Gasteiger partial charge in [-0.25, -0.2) is 0 Å². The van der Waals surface area contributed by atoms with Crippen molar-refractivity contribution in [2.45, 2.75) is 0 Å². The molecule has 7 aromatic carbocycles. The lowest BCUT2D eigenvalue weighted by atomic mass is 10.0. The molecule has 9 rings (SSSR count). The highest BCUT2D eigenvalue weighted by Crippen LogP contribution is 2.49. The van der Waals surface area contributed by atoms with E-state index in [-0.39, 0.29) is 0 Å². The number of nitrogens with zero attached hydrogens (tertiary/aromatic N) is 1. The molecule has 0 fully saturated rings. The standard InChI is InChI=1S/C40H25NOS/c1-2-11-26(12-3-1)27-21-23-29(24-22-27)41(33-17-10-20-37-38(33)32-16-7-9-19-36(32)43-37)34-25-28-13-4-5-14-30(28)40-39(34)31-15-6-8-18-35(31)42-40/h1-25H. The molecule has 0 amide bonds. The first kappa shape index (κ1) is 24.2. The summed E-state index contributed by atoms with van der Waals surface area (Å²) in [4.78, 5) is 2.44. The third-order valence-electron chi connectivity index (χ3n) is 8.44. The van der Waals surface area contributed by atoms with Crippen molar-refractivity contribution in [3.8, 4) is 11.1 Å². The second kappa shape index (κ2) is 9.59. The van der Waals surface area contributed by atoms with Crippen LogP contribution in [0.2, 0.25) is 0 Å². The molecule has 202 valence electrons. The summed E-state index contributed by atoms with van der Waals surface area (Å²) in [5, 5.41) is 7.06. The van der Waals surface area contributed by atoms with Crippen molar-refractivity contribution in [2.24, 2.45) is 0 Å². The molecule has 0 atom stereocenters.